The number of anilines is 1. The number of hydrogen-bond donors (Lipinski definition) is 1. The molecule has 6 heteroatoms. The zero-order valence-corrected chi connectivity index (χ0v) is 13.4. The SMILES string of the molecule is CCOc1ncccc1NC(=O)CN1CCc2sccc2C1. The van der Waals surface area contributed by atoms with E-state index in [0.29, 0.717) is 24.7 Å². The monoisotopic (exact) mass is 317 g/mol. The molecule has 1 aliphatic heterocycles. The van der Waals surface area contributed by atoms with Crippen LogP contribution < -0.4 is 10.1 Å². The van der Waals surface area contributed by atoms with Crippen LogP contribution in [0.15, 0.2) is 29.8 Å². The van der Waals surface area contributed by atoms with Crippen molar-refractivity contribution in [2.45, 2.75) is 19.9 Å². The largest absolute Gasteiger partial charge is 0.476 e. The summed E-state index contributed by atoms with van der Waals surface area (Å²) in [6, 6.07) is 5.75. The molecule has 3 heterocycles. The number of fused-ring (bicyclic) bond motifs is 1. The number of rotatable bonds is 5. The quantitative estimate of drug-likeness (QED) is 0.921. The Kier molecular flexibility index (Phi) is 4.70. The molecule has 1 aliphatic rings. The van der Waals surface area contributed by atoms with Crippen molar-refractivity contribution in [3.05, 3.63) is 40.2 Å². The first-order chi connectivity index (χ1) is 10.8. The number of thiophene rings is 1. The first-order valence-corrected chi connectivity index (χ1v) is 8.29. The minimum Gasteiger partial charge on any atom is -0.476 e. The highest BCUT2D eigenvalue weighted by Crippen LogP contribution is 2.24. The lowest BCUT2D eigenvalue weighted by atomic mass is 10.1. The van der Waals surface area contributed by atoms with Gasteiger partial charge in [0.15, 0.2) is 0 Å². The van der Waals surface area contributed by atoms with Gasteiger partial charge < -0.3 is 10.1 Å². The minimum atomic E-state index is -0.0346. The van der Waals surface area contributed by atoms with Gasteiger partial charge in [-0.3, -0.25) is 9.69 Å². The van der Waals surface area contributed by atoms with Crippen LogP contribution in [0.3, 0.4) is 0 Å². The van der Waals surface area contributed by atoms with Crippen LogP contribution in [0.1, 0.15) is 17.4 Å². The summed E-state index contributed by atoms with van der Waals surface area (Å²) in [6.45, 7) is 4.57. The molecular formula is C16H19N3O2S. The first-order valence-electron chi connectivity index (χ1n) is 7.41. The van der Waals surface area contributed by atoms with Crippen LogP contribution in [0.2, 0.25) is 0 Å². The van der Waals surface area contributed by atoms with E-state index in [-0.39, 0.29) is 5.91 Å². The third kappa shape index (κ3) is 3.45. The summed E-state index contributed by atoms with van der Waals surface area (Å²) in [5, 5.41) is 5.02. The molecule has 0 radical (unpaired) electrons. The van der Waals surface area contributed by atoms with Crippen molar-refractivity contribution in [2.24, 2.45) is 0 Å². The molecular weight excluding hydrogens is 298 g/mol. The van der Waals surface area contributed by atoms with Gasteiger partial charge in [0.1, 0.15) is 5.69 Å². The van der Waals surface area contributed by atoms with Crippen LogP contribution in [0.4, 0.5) is 5.69 Å². The lowest BCUT2D eigenvalue weighted by Crippen LogP contribution is -2.36. The Morgan fingerprint density at radius 3 is 3.27 bits per heavy atom. The third-order valence-electron chi connectivity index (χ3n) is 3.58. The molecule has 0 aromatic carbocycles. The highest BCUT2D eigenvalue weighted by Gasteiger charge is 2.19. The maximum atomic E-state index is 12.3. The number of aromatic nitrogens is 1. The maximum absolute atomic E-state index is 12.3. The van der Waals surface area contributed by atoms with Gasteiger partial charge in [0.25, 0.3) is 0 Å². The Morgan fingerprint density at radius 2 is 2.41 bits per heavy atom. The highest BCUT2D eigenvalue weighted by molar-refractivity contribution is 7.10. The average Bonchev–Trinajstić information content (AvgIpc) is 2.97. The van der Waals surface area contributed by atoms with E-state index >= 15 is 0 Å². The number of nitrogens with one attached hydrogen (secondary N) is 1. The zero-order chi connectivity index (χ0) is 15.4. The van der Waals surface area contributed by atoms with Gasteiger partial charge in [-0.05, 0) is 42.5 Å². The Bertz CT molecular complexity index is 656. The fraction of sp³-hybridized carbons (Fsp3) is 0.375. The minimum absolute atomic E-state index is 0.0346. The summed E-state index contributed by atoms with van der Waals surface area (Å²) in [7, 11) is 0. The first kappa shape index (κ1) is 15.0. The summed E-state index contributed by atoms with van der Waals surface area (Å²) in [5.74, 6) is 0.435. The molecule has 0 fully saturated rings. The van der Waals surface area contributed by atoms with Crippen molar-refractivity contribution in [2.75, 3.05) is 25.0 Å². The van der Waals surface area contributed by atoms with Gasteiger partial charge in [0.05, 0.1) is 13.2 Å². The van der Waals surface area contributed by atoms with E-state index in [4.69, 9.17) is 4.74 Å². The predicted molar refractivity (Wildman–Crippen MR) is 87.3 cm³/mol. The Hall–Kier alpha value is -1.92. The van der Waals surface area contributed by atoms with Gasteiger partial charge in [-0.1, -0.05) is 0 Å². The van der Waals surface area contributed by atoms with E-state index in [1.807, 2.05) is 13.0 Å². The van der Waals surface area contributed by atoms with Crippen molar-refractivity contribution in [3.8, 4) is 5.88 Å². The van der Waals surface area contributed by atoms with Crippen LogP contribution in [0, 0.1) is 0 Å². The topological polar surface area (TPSA) is 54.5 Å². The molecule has 0 aliphatic carbocycles. The van der Waals surface area contributed by atoms with Crippen molar-refractivity contribution in [1.29, 1.82) is 0 Å². The lowest BCUT2D eigenvalue weighted by molar-refractivity contribution is -0.117. The van der Waals surface area contributed by atoms with Gasteiger partial charge in [-0.25, -0.2) is 4.98 Å². The number of ether oxygens (including phenoxy) is 1. The van der Waals surface area contributed by atoms with Gasteiger partial charge in [0, 0.05) is 24.2 Å². The van der Waals surface area contributed by atoms with Crippen LogP contribution in [-0.2, 0) is 17.8 Å². The molecule has 0 saturated heterocycles. The van der Waals surface area contributed by atoms with E-state index in [1.54, 1.807) is 23.6 Å². The van der Waals surface area contributed by atoms with Gasteiger partial charge in [-0.15, -0.1) is 11.3 Å². The van der Waals surface area contributed by atoms with E-state index < -0.39 is 0 Å². The zero-order valence-electron chi connectivity index (χ0n) is 12.5. The van der Waals surface area contributed by atoms with Crippen molar-refractivity contribution < 1.29 is 9.53 Å². The summed E-state index contributed by atoms with van der Waals surface area (Å²) in [6.07, 6.45) is 2.68. The Balaban J connectivity index is 1.59. The number of pyridine rings is 1. The molecule has 1 amide bonds. The normalized spacial score (nSPS) is 14.4. The van der Waals surface area contributed by atoms with Crippen LogP contribution in [-0.4, -0.2) is 35.5 Å². The molecule has 22 heavy (non-hydrogen) atoms. The number of hydrogen-bond acceptors (Lipinski definition) is 5. The molecule has 116 valence electrons. The molecule has 0 saturated carbocycles. The van der Waals surface area contributed by atoms with Gasteiger partial charge >= 0.3 is 0 Å². The maximum Gasteiger partial charge on any atom is 0.238 e. The second-order valence-corrected chi connectivity index (χ2v) is 6.17. The second kappa shape index (κ2) is 6.89. The van der Waals surface area contributed by atoms with E-state index in [9.17, 15) is 4.79 Å². The second-order valence-electron chi connectivity index (χ2n) is 5.17. The lowest BCUT2D eigenvalue weighted by Gasteiger charge is -2.26. The Morgan fingerprint density at radius 1 is 1.50 bits per heavy atom. The smallest absolute Gasteiger partial charge is 0.238 e. The molecule has 1 N–H and O–H groups in total. The average molecular weight is 317 g/mol. The van der Waals surface area contributed by atoms with E-state index in [2.05, 4.69) is 26.6 Å². The number of carbonyl (C=O) groups is 1. The molecule has 2 aromatic rings. The van der Waals surface area contributed by atoms with E-state index in [1.165, 1.54) is 10.4 Å². The number of amides is 1. The van der Waals surface area contributed by atoms with E-state index in [0.717, 1.165) is 19.5 Å². The number of nitrogens with zero attached hydrogens (tertiary/aromatic N) is 2. The summed E-state index contributed by atoms with van der Waals surface area (Å²) < 4.78 is 5.43. The highest BCUT2D eigenvalue weighted by atomic mass is 32.1. The van der Waals surface area contributed by atoms with Crippen molar-refractivity contribution in [1.82, 2.24) is 9.88 Å². The molecule has 5 nitrogen and oxygen atoms in total. The predicted octanol–water partition coefficient (Wildman–Crippen LogP) is 2.54. The summed E-state index contributed by atoms with van der Waals surface area (Å²) in [5.41, 5.74) is 1.98. The van der Waals surface area contributed by atoms with Crippen LogP contribution in [0.25, 0.3) is 0 Å². The molecule has 3 rings (SSSR count). The fourth-order valence-corrected chi connectivity index (χ4v) is 3.46. The summed E-state index contributed by atoms with van der Waals surface area (Å²) in [4.78, 5) is 20.0. The van der Waals surface area contributed by atoms with Crippen LogP contribution in [0.5, 0.6) is 5.88 Å². The molecule has 0 bridgehead atoms. The molecule has 0 atom stereocenters. The Labute approximate surface area is 133 Å². The van der Waals surface area contributed by atoms with Gasteiger partial charge in [0.2, 0.25) is 11.8 Å². The summed E-state index contributed by atoms with van der Waals surface area (Å²) >= 11 is 1.80. The van der Waals surface area contributed by atoms with Crippen LogP contribution >= 0.6 is 11.3 Å². The van der Waals surface area contributed by atoms with Crippen molar-refractivity contribution in [3.63, 3.8) is 0 Å². The third-order valence-corrected chi connectivity index (χ3v) is 4.60. The van der Waals surface area contributed by atoms with Gasteiger partial charge in [-0.2, -0.15) is 0 Å². The fourth-order valence-electron chi connectivity index (χ4n) is 2.57. The van der Waals surface area contributed by atoms with Crippen molar-refractivity contribution >= 4 is 22.9 Å². The molecule has 0 spiro atoms. The molecule has 2 aromatic heterocycles. The number of carbonyl (C=O) groups excluding carboxylic acids is 1. The molecule has 0 unspecified atom stereocenters. The standard InChI is InChI=1S/C16H19N3O2S/c1-2-21-16-13(4-3-7-17-16)18-15(20)11-19-8-5-14-12(10-19)6-9-22-14/h3-4,6-7,9H,2,5,8,10-11H2,1H3,(H,18,20).